The fourth-order valence-electron chi connectivity index (χ4n) is 4.02. The van der Waals surface area contributed by atoms with E-state index in [0.29, 0.717) is 5.92 Å². The van der Waals surface area contributed by atoms with Gasteiger partial charge in [-0.1, -0.05) is 5.16 Å². The monoisotopic (exact) mass is 329 g/mol. The van der Waals surface area contributed by atoms with E-state index in [1.165, 1.54) is 0 Å². The van der Waals surface area contributed by atoms with Crippen LogP contribution in [0, 0.1) is 25.7 Å². The van der Waals surface area contributed by atoms with Crippen molar-refractivity contribution in [2.75, 3.05) is 24.5 Å². The number of likely N-dealkylation sites (tertiary alicyclic amines) is 1. The second-order valence-electron chi connectivity index (χ2n) is 7.01. The lowest BCUT2D eigenvalue weighted by atomic mass is 9.88. The number of fused-ring (bicyclic) bond motifs is 1. The van der Waals surface area contributed by atoms with Crippen molar-refractivity contribution in [1.82, 2.24) is 19.8 Å². The maximum Gasteiger partial charge on any atom is 0.231 e. The zero-order valence-corrected chi connectivity index (χ0v) is 14.4. The lowest BCUT2D eigenvalue weighted by Gasteiger charge is -2.32. The van der Waals surface area contributed by atoms with Gasteiger partial charge in [0.05, 0.1) is 23.5 Å². The van der Waals surface area contributed by atoms with Crippen molar-refractivity contribution in [3.8, 4) is 0 Å². The molecule has 0 aliphatic carbocycles. The molecule has 2 unspecified atom stereocenters. The molecule has 0 saturated carbocycles. The fourth-order valence-corrected chi connectivity index (χ4v) is 4.02. The van der Waals surface area contributed by atoms with E-state index >= 15 is 0 Å². The minimum absolute atomic E-state index is 0.0828. The summed E-state index contributed by atoms with van der Waals surface area (Å²) in [7, 11) is 1.88. The summed E-state index contributed by atoms with van der Waals surface area (Å²) < 4.78 is 7.00. The molecule has 2 fully saturated rings. The largest absolute Gasteiger partial charge is 0.361 e. The Kier molecular flexibility index (Phi) is 3.68. The quantitative estimate of drug-likeness (QED) is 0.854. The van der Waals surface area contributed by atoms with Gasteiger partial charge in [0.1, 0.15) is 5.76 Å². The SMILES string of the molecule is Cc1noc(C)c1CN1CC2CCN(c3cnn(C)c3)C(=O)C2C1. The molecule has 0 N–H and O–H groups in total. The minimum atomic E-state index is 0.0828. The summed E-state index contributed by atoms with van der Waals surface area (Å²) in [4.78, 5) is 17.2. The first-order valence-electron chi connectivity index (χ1n) is 8.47. The van der Waals surface area contributed by atoms with Gasteiger partial charge in [-0.3, -0.25) is 14.4 Å². The van der Waals surface area contributed by atoms with Crippen LogP contribution in [0.4, 0.5) is 5.69 Å². The Balaban J connectivity index is 1.48. The lowest BCUT2D eigenvalue weighted by Crippen LogP contribution is -2.45. The number of aromatic nitrogens is 3. The molecule has 0 radical (unpaired) electrons. The zero-order chi connectivity index (χ0) is 16.8. The molecule has 2 aromatic heterocycles. The second-order valence-corrected chi connectivity index (χ2v) is 7.01. The van der Waals surface area contributed by atoms with Gasteiger partial charge in [-0.2, -0.15) is 5.10 Å². The van der Waals surface area contributed by atoms with Gasteiger partial charge in [-0.05, 0) is 26.2 Å². The number of amides is 1. The predicted octanol–water partition coefficient (Wildman–Crippen LogP) is 1.51. The van der Waals surface area contributed by atoms with Crippen molar-refractivity contribution in [2.45, 2.75) is 26.8 Å². The summed E-state index contributed by atoms with van der Waals surface area (Å²) in [5.41, 5.74) is 3.01. The molecule has 0 aromatic carbocycles. The Morgan fingerprint density at radius 1 is 1.33 bits per heavy atom. The molecule has 4 heterocycles. The Hall–Kier alpha value is -2.15. The number of aryl methyl sites for hydroxylation is 3. The summed E-state index contributed by atoms with van der Waals surface area (Å²) >= 11 is 0. The highest BCUT2D eigenvalue weighted by Crippen LogP contribution is 2.35. The minimum Gasteiger partial charge on any atom is -0.361 e. The summed E-state index contributed by atoms with van der Waals surface area (Å²) in [6.07, 6.45) is 4.73. The van der Waals surface area contributed by atoms with Crippen LogP contribution in [0.2, 0.25) is 0 Å². The summed E-state index contributed by atoms with van der Waals surface area (Å²) in [6.45, 7) is 7.31. The van der Waals surface area contributed by atoms with E-state index in [2.05, 4.69) is 15.2 Å². The van der Waals surface area contributed by atoms with Gasteiger partial charge < -0.3 is 9.42 Å². The molecule has 0 bridgehead atoms. The number of rotatable bonds is 3. The summed E-state index contributed by atoms with van der Waals surface area (Å²) in [5, 5.41) is 8.22. The molecule has 7 nitrogen and oxygen atoms in total. The molecule has 2 saturated heterocycles. The molecule has 4 rings (SSSR count). The topological polar surface area (TPSA) is 67.4 Å². The van der Waals surface area contributed by atoms with Crippen molar-refractivity contribution >= 4 is 11.6 Å². The first-order chi connectivity index (χ1) is 11.5. The second kappa shape index (κ2) is 5.73. The molecule has 2 aliphatic heterocycles. The van der Waals surface area contributed by atoms with Gasteiger partial charge in [0.2, 0.25) is 5.91 Å². The summed E-state index contributed by atoms with van der Waals surface area (Å²) in [5.74, 6) is 1.65. The first-order valence-corrected chi connectivity index (χ1v) is 8.47. The molecule has 2 aromatic rings. The average Bonchev–Trinajstić information content (AvgIpc) is 3.23. The smallest absolute Gasteiger partial charge is 0.231 e. The number of carbonyl (C=O) groups is 1. The van der Waals surface area contributed by atoms with E-state index < -0.39 is 0 Å². The zero-order valence-electron chi connectivity index (χ0n) is 14.4. The van der Waals surface area contributed by atoms with Crippen LogP contribution in [0.1, 0.15) is 23.4 Å². The van der Waals surface area contributed by atoms with Crippen molar-refractivity contribution in [3.05, 3.63) is 29.4 Å². The van der Waals surface area contributed by atoms with Crippen molar-refractivity contribution in [3.63, 3.8) is 0 Å². The van der Waals surface area contributed by atoms with E-state index in [9.17, 15) is 4.79 Å². The van der Waals surface area contributed by atoms with Gasteiger partial charge in [-0.15, -0.1) is 0 Å². The number of piperidine rings is 1. The highest BCUT2D eigenvalue weighted by atomic mass is 16.5. The number of hydrogen-bond acceptors (Lipinski definition) is 5. The standard InChI is InChI=1S/C17H23N5O2/c1-11-15(12(2)24-19-11)9-21-7-13-4-5-22(17(23)16(13)10-21)14-6-18-20(3)8-14/h6,8,13,16H,4-5,7,9-10H2,1-3H3. The van der Waals surface area contributed by atoms with E-state index in [1.807, 2.05) is 32.0 Å². The van der Waals surface area contributed by atoms with Crippen LogP contribution >= 0.6 is 0 Å². The Bertz CT molecular complexity index is 745. The molecular formula is C17H23N5O2. The number of hydrogen-bond donors (Lipinski definition) is 0. The van der Waals surface area contributed by atoms with Crippen LogP contribution in [-0.2, 0) is 18.4 Å². The van der Waals surface area contributed by atoms with E-state index in [0.717, 1.165) is 55.3 Å². The molecule has 2 atom stereocenters. The van der Waals surface area contributed by atoms with Crippen molar-refractivity contribution < 1.29 is 9.32 Å². The first kappa shape index (κ1) is 15.4. The van der Waals surface area contributed by atoms with E-state index in [1.54, 1.807) is 10.9 Å². The maximum atomic E-state index is 12.9. The van der Waals surface area contributed by atoms with Crippen molar-refractivity contribution in [1.29, 1.82) is 0 Å². The molecular weight excluding hydrogens is 306 g/mol. The molecule has 0 spiro atoms. The molecule has 128 valence electrons. The third-order valence-corrected chi connectivity index (χ3v) is 5.39. The highest BCUT2D eigenvalue weighted by molar-refractivity contribution is 5.96. The maximum absolute atomic E-state index is 12.9. The summed E-state index contributed by atoms with van der Waals surface area (Å²) in [6, 6.07) is 0. The number of anilines is 1. The Labute approximate surface area is 141 Å². The van der Waals surface area contributed by atoms with Crippen LogP contribution < -0.4 is 4.90 Å². The van der Waals surface area contributed by atoms with Gasteiger partial charge in [0, 0.05) is 45.0 Å². The van der Waals surface area contributed by atoms with E-state index in [-0.39, 0.29) is 11.8 Å². The average molecular weight is 329 g/mol. The van der Waals surface area contributed by atoms with Gasteiger partial charge >= 0.3 is 0 Å². The molecule has 7 heteroatoms. The molecule has 24 heavy (non-hydrogen) atoms. The fraction of sp³-hybridized carbons (Fsp3) is 0.588. The highest BCUT2D eigenvalue weighted by Gasteiger charge is 2.43. The van der Waals surface area contributed by atoms with Crippen LogP contribution in [0.5, 0.6) is 0 Å². The van der Waals surface area contributed by atoms with Gasteiger partial charge in [0.15, 0.2) is 0 Å². The molecule has 2 aliphatic rings. The molecule has 1 amide bonds. The van der Waals surface area contributed by atoms with Crippen LogP contribution in [0.25, 0.3) is 0 Å². The Morgan fingerprint density at radius 3 is 2.83 bits per heavy atom. The van der Waals surface area contributed by atoms with Gasteiger partial charge in [-0.25, -0.2) is 0 Å². The third kappa shape index (κ3) is 2.53. The number of carbonyl (C=O) groups excluding carboxylic acids is 1. The number of nitrogens with zero attached hydrogens (tertiary/aromatic N) is 5. The van der Waals surface area contributed by atoms with Gasteiger partial charge in [0.25, 0.3) is 0 Å². The van der Waals surface area contributed by atoms with Crippen molar-refractivity contribution in [2.24, 2.45) is 18.9 Å². The van der Waals surface area contributed by atoms with Crippen LogP contribution in [-0.4, -0.2) is 45.4 Å². The Morgan fingerprint density at radius 2 is 2.17 bits per heavy atom. The third-order valence-electron chi connectivity index (χ3n) is 5.39. The normalized spacial score (nSPS) is 24.6. The lowest BCUT2D eigenvalue weighted by molar-refractivity contribution is -0.124. The van der Waals surface area contributed by atoms with E-state index in [4.69, 9.17) is 4.52 Å². The predicted molar refractivity (Wildman–Crippen MR) is 88.4 cm³/mol. The van der Waals surface area contributed by atoms with Crippen LogP contribution in [0.15, 0.2) is 16.9 Å². The van der Waals surface area contributed by atoms with Crippen LogP contribution in [0.3, 0.4) is 0 Å².